The van der Waals surface area contributed by atoms with Crippen molar-refractivity contribution >= 4 is 15.8 Å². The second-order valence-electron chi connectivity index (χ2n) is 4.82. The highest BCUT2D eigenvalue weighted by Crippen LogP contribution is 2.15. The van der Waals surface area contributed by atoms with Gasteiger partial charge in [-0.2, -0.15) is 0 Å². The Labute approximate surface area is 124 Å². The molecule has 0 saturated heterocycles. The average molecular weight is 306 g/mol. The molecule has 0 bridgehead atoms. The fourth-order valence-electron chi connectivity index (χ4n) is 1.72. The van der Waals surface area contributed by atoms with Gasteiger partial charge in [0.05, 0.1) is 0 Å². The van der Waals surface area contributed by atoms with Crippen LogP contribution in [0.5, 0.6) is 0 Å². The zero-order valence-electron chi connectivity index (χ0n) is 12.2. The molecule has 0 aliphatic heterocycles. The molecule has 2 heterocycles. The van der Waals surface area contributed by atoms with Gasteiger partial charge in [0.25, 0.3) is 0 Å². The second kappa shape index (κ2) is 6.19. The summed E-state index contributed by atoms with van der Waals surface area (Å²) in [5.74, 6) is 0.621. The zero-order valence-corrected chi connectivity index (χ0v) is 13.1. The fourth-order valence-corrected chi connectivity index (χ4v) is 2.56. The Morgan fingerprint density at radius 3 is 2.52 bits per heavy atom. The Hall–Kier alpha value is -1.99. The number of anilines is 1. The van der Waals surface area contributed by atoms with Gasteiger partial charge in [-0.05, 0) is 36.2 Å². The van der Waals surface area contributed by atoms with Crippen LogP contribution in [0.15, 0.2) is 41.7 Å². The Balaban J connectivity index is 2.09. The molecule has 0 aromatic carbocycles. The minimum atomic E-state index is -3.43. The smallest absolute Gasteiger partial charge is 0.244 e. The summed E-state index contributed by atoms with van der Waals surface area (Å²) >= 11 is 0. The van der Waals surface area contributed by atoms with E-state index in [0.717, 1.165) is 15.4 Å². The van der Waals surface area contributed by atoms with Crippen molar-refractivity contribution in [3.05, 3.63) is 47.9 Å². The summed E-state index contributed by atoms with van der Waals surface area (Å²) in [5, 5.41) is 3.15. The lowest BCUT2D eigenvalue weighted by atomic mass is 10.1. The van der Waals surface area contributed by atoms with Gasteiger partial charge in [0.15, 0.2) is 0 Å². The van der Waals surface area contributed by atoms with Crippen molar-refractivity contribution in [1.29, 1.82) is 0 Å². The summed E-state index contributed by atoms with van der Waals surface area (Å²) in [6, 6.07) is 5.14. The van der Waals surface area contributed by atoms with Gasteiger partial charge in [-0.25, -0.2) is 17.7 Å². The highest BCUT2D eigenvalue weighted by Gasteiger charge is 2.17. The lowest BCUT2D eigenvalue weighted by molar-refractivity contribution is 0.520. The Bertz CT molecular complexity index is 712. The lowest BCUT2D eigenvalue weighted by Gasteiger charge is -2.12. The first-order chi connectivity index (χ1) is 9.91. The molecule has 0 atom stereocenters. The molecule has 0 unspecified atom stereocenters. The molecular formula is C14H18N4O2S. The van der Waals surface area contributed by atoms with Gasteiger partial charge in [0.1, 0.15) is 10.7 Å². The third-order valence-corrected chi connectivity index (χ3v) is 4.92. The first kappa shape index (κ1) is 15.4. The van der Waals surface area contributed by atoms with Crippen LogP contribution in [0.25, 0.3) is 0 Å². The zero-order chi connectivity index (χ0) is 15.5. The van der Waals surface area contributed by atoms with Crippen LogP contribution in [-0.2, 0) is 16.6 Å². The molecule has 7 heteroatoms. The number of aryl methyl sites for hydroxylation is 1. The number of hydrogen-bond donors (Lipinski definition) is 1. The van der Waals surface area contributed by atoms with E-state index in [1.807, 2.05) is 13.0 Å². The molecule has 2 rings (SSSR count). The topological polar surface area (TPSA) is 75.2 Å². The van der Waals surface area contributed by atoms with Crippen LogP contribution >= 0.6 is 0 Å². The van der Waals surface area contributed by atoms with Gasteiger partial charge in [-0.3, -0.25) is 4.98 Å². The second-order valence-corrected chi connectivity index (χ2v) is 6.97. The highest BCUT2D eigenvalue weighted by molar-refractivity contribution is 7.89. The van der Waals surface area contributed by atoms with Crippen molar-refractivity contribution in [3.63, 3.8) is 0 Å². The third-order valence-electron chi connectivity index (χ3n) is 3.12. The van der Waals surface area contributed by atoms with E-state index >= 15 is 0 Å². The molecule has 0 aliphatic rings. The molecule has 0 fully saturated rings. The van der Waals surface area contributed by atoms with Gasteiger partial charge in [-0.15, -0.1) is 0 Å². The maximum Gasteiger partial charge on any atom is 0.244 e. The molecule has 6 nitrogen and oxygen atoms in total. The van der Waals surface area contributed by atoms with Crippen molar-refractivity contribution in [1.82, 2.24) is 14.3 Å². The van der Waals surface area contributed by atoms with E-state index < -0.39 is 10.0 Å². The SMILES string of the molecule is Cc1ccncc1CNc1ccc(S(=O)(=O)N(C)C)cn1. The van der Waals surface area contributed by atoms with Crippen LogP contribution in [0.1, 0.15) is 11.1 Å². The minimum Gasteiger partial charge on any atom is -0.366 e. The van der Waals surface area contributed by atoms with Gasteiger partial charge in [0, 0.05) is 39.2 Å². The van der Waals surface area contributed by atoms with Crippen LogP contribution in [0, 0.1) is 6.92 Å². The number of aromatic nitrogens is 2. The maximum atomic E-state index is 11.9. The molecule has 0 aliphatic carbocycles. The van der Waals surface area contributed by atoms with E-state index in [2.05, 4.69) is 15.3 Å². The third kappa shape index (κ3) is 3.56. The first-order valence-corrected chi connectivity index (χ1v) is 7.87. The summed E-state index contributed by atoms with van der Waals surface area (Å²) in [7, 11) is -0.449. The molecule has 0 radical (unpaired) electrons. The maximum absolute atomic E-state index is 11.9. The summed E-state index contributed by atoms with van der Waals surface area (Å²) in [4.78, 5) is 8.39. The molecule has 21 heavy (non-hydrogen) atoms. The van der Waals surface area contributed by atoms with Crippen LogP contribution in [0.2, 0.25) is 0 Å². The molecule has 0 saturated carbocycles. The van der Waals surface area contributed by atoms with E-state index in [1.54, 1.807) is 24.5 Å². The van der Waals surface area contributed by atoms with Crippen molar-refractivity contribution < 1.29 is 8.42 Å². The average Bonchev–Trinajstić information content (AvgIpc) is 2.46. The predicted octanol–water partition coefficient (Wildman–Crippen LogP) is 1.65. The fraction of sp³-hybridized carbons (Fsp3) is 0.286. The Kier molecular flexibility index (Phi) is 4.54. The summed E-state index contributed by atoms with van der Waals surface area (Å²) in [6.07, 6.45) is 4.90. The summed E-state index contributed by atoms with van der Waals surface area (Å²) < 4.78 is 25.0. The Morgan fingerprint density at radius 2 is 1.95 bits per heavy atom. The summed E-state index contributed by atoms with van der Waals surface area (Å²) in [5.41, 5.74) is 2.22. The van der Waals surface area contributed by atoms with Gasteiger partial charge >= 0.3 is 0 Å². The number of rotatable bonds is 5. The number of nitrogens with one attached hydrogen (secondary N) is 1. The molecule has 112 valence electrons. The van der Waals surface area contributed by atoms with E-state index in [-0.39, 0.29) is 4.90 Å². The summed E-state index contributed by atoms with van der Waals surface area (Å²) in [6.45, 7) is 2.60. The molecule has 0 spiro atoms. The minimum absolute atomic E-state index is 0.176. The molecule has 2 aromatic rings. The standard InChI is InChI=1S/C14H18N4O2S/c1-11-6-7-15-8-12(11)9-16-14-5-4-13(10-17-14)21(19,20)18(2)3/h4-8,10H,9H2,1-3H3,(H,16,17). The number of nitrogens with zero attached hydrogens (tertiary/aromatic N) is 3. The predicted molar refractivity (Wildman–Crippen MR) is 81.4 cm³/mol. The van der Waals surface area contributed by atoms with Crippen LogP contribution in [-0.4, -0.2) is 36.8 Å². The van der Waals surface area contributed by atoms with Gasteiger partial charge in [-0.1, -0.05) is 0 Å². The van der Waals surface area contributed by atoms with E-state index in [4.69, 9.17) is 0 Å². The normalized spacial score (nSPS) is 11.6. The van der Waals surface area contributed by atoms with Crippen molar-refractivity contribution in [2.45, 2.75) is 18.4 Å². The molecular weight excluding hydrogens is 288 g/mol. The van der Waals surface area contributed by atoms with Gasteiger partial charge < -0.3 is 5.32 Å². The Morgan fingerprint density at radius 1 is 1.19 bits per heavy atom. The van der Waals surface area contributed by atoms with Crippen LogP contribution in [0.3, 0.4) is 0 Å². The molecule has 2 aromatic heterocycles. The van der Waals surface area contributed by atoms with Crippen LogP contribution in [0.4, 0.5) is 5.82 Å². The highest BCUT2D eigenvalue weighted by atomic mass is 32.2. The lowest BCUT2D eigenvalue weighted by Crippen LogP contribution is -2.22. The van der Waals surface area contributed by atoms with E-state index in [9.17, 15) is 8.42 Å². The molecule has 0 amide bonds. The largest absolute Gasteiger partial charge is 0.366 e. The molecule has 1 N–H and O–H groups in total. The van der Waals surface area contributed by atoms with E-state index in [0.29, 0.717) is 12.4 Å². The monoisotopic (exact) mass is 306 g/mol. The van der Waals surface area contributed by atoms with Crippen molar-refractivity contribution in [3.8, 4) is 0 Å². The number of pyridine rings is 2. The van der Waals surface area contributed by atoms with Crippen LogP contribution < -0.4 is 5.32 Å². The van der Waals surface area contributed by atoms with Gasteiger partial charge in [0.2, 0.25) is 10.0 Å². The van der Waals surface area contributed by atoms with Crippen molar-refractivity contribution in [2.24, 2.45) is 0 Å². The van der Waals surface area contributed by atoms with E-state index in [1.165, 1.54) is 20.3 Å². The quantitative estimate of drug-likeness (QED) is 0.909. The number of hydrogen-bond acceptors (Lipinski definition) is 5. The number of sulfonamides is 1. The first-order valence-electron chi connectivity index (χ1n) is 6.43. The van der Waals surface area contributed by atoms with Crippen molar-refractivity contribution in [2.75, 3.05) is 19.4 Å².